The summed E-state index contributed by atoms with van der Waals surface area (Å²) in [6.07, 6.45) is 8.05. The monoisotopic (exact) mass is 517 g/mol. The molecule has 2 N–H and O–H groups in total. The maximum absolute atomic E-state index is 6.12. The van der Waals surface area contributed by atoms with Crippen molar-refractivity contribution in [3.63, 3.8) is 0 Å². The second-order valence-corrected chi connectivity index (χ2v) is 9.77. The molecular formula is C22H40IN5O. The number of nitrogens with zero attached hydrogens (tertiary/aromatic N) is 3. The van der Waals surface area contributed by atoms with Crippen molar-refractivity contribution in [2.45, 2.75) is 84.9 Å². The Hall–Kier alpha value is -0.830. The minimum absolute atomic E-state index is 0. The van der Waals surface area contributed by atoms with Crippen molar-refractivity contribution in [2.75, 3.05) is 20.2 Å². The molecule has 1 aromatic rings. The molecule has 0 spiro atoms. The van der Waals surface area contributed by atoms with Gasteiger partial charge in [0.25, 0.3) is 0 Å². The Morgan fingerprint density at radius 2 is 2.10 bits per heavy atom. The molecule has 2 aliphatic rings. The standard InChI is InChI=1S/C22H39N5O.HI/c1-15(2)27-14-17-9-10-18(12-19(17)26-27)25-21(23-6)24-13-16-8-7-11-28-20(16)22(3,4)5;/h14-16,18,20H,7-13H2,1-6H3,(H2,23,24,25);1H. The van der Waals surface area contributed by atoms with Crippen LogP contribution in [0, 0.1) is 11.3 Å². The molecule has 0 bridgehead atoms. The van der Waals surface area contributed by atoms with E-state index in [0.29, 0.717) is 24.1 Å². The van der Waals surface area contributed by atoms with Gasteiger partial charge >= 0.3 is 0 Å². The minimum Gasteiger partial charge on any atom is -0.377 e. The molecule has 1 aliphatic heterocycles. The van der Waals surface area contributed by atoms with Crippen LogP contribution >= 0.6 is 24.0 Å². The first-order chi connectivity index (χ1) is 13.3. The number of ether oxygens (including phenoxy) is 1. The first-order valence-corrected chi connectivity index (χ1v) is 10.9. The average molecular weight is 518 g/mol. The fourth-order valence-electron chi connectivity index (χ4n) is 4.53. The predicted molar refractivity (Wildman–Crippen MR) is 130 cm³/mol. The van der Waals surface area contributed by atoms with Crippen LogP contribution in [0.25, 0.3) is 0 Å². The van der Waals surface area contributed by atoms with Crippen LogP contribution in [-0.4, -0.2) is 48.1 Å². The van der Waals surface area contributed by atoms with Crippen molar-refractivity contribution >= 4 is 29.9 Å². The molecule has 1 aliphatic carbocycles. The van der Waals surface area contributed by atoms with E-state index in [-0.39, 0.29) is 29.4 Å². The Bertz CT molecular complexity index is 679. The Morgan fingerprint density at radius 3 is 2.76 bits per heavy atom. The molecule has 3 unspecified atom stereocenters. The molecule has 1 aromatic heterocycles. The van der Waals surface area contributed by atoms with Gasteiger partial charge in [-0.3, -0.25) is 9.67 Å². The van der Waals surface area contributed by atoms with Gasteiger partial charge in [0.05, 0.1) is 11.8 Å². The lowest BCUT2D eigenvalue weighted by atomic mass is 9.78. The highest BCUT2D eigenvalue weighted by Crippen LogP contribution is 2.33. The van der Waals surface area contributed by atoms with Crippen LogP contribution in [0.2, 0.25) is 0 Å². The van der Waals surface area contributed by atoms with E-state index in [1.54, 1.807) is 0 Å². The van der Waals surface area contributed by atoms with Crippen molar-refractivity contribution in [3.05, 3.63) is 17.5 Å². The van der Waals surface area contributed by atoms with Gasteiger partial charge in [0, 0.05) is 50.8 Å². The summed E-state index contributed by atoms with van der Waals surface area (Å²) in [4.78, 5) is 4.47. The summed E-state index contributed by atoms with van der Waals surface area (Å²) in [7, 11) is 1.86. The fraction of sp³-hybridized carbons (Fsp3) is 0.818. The molecule has 29 heavy (non-hydrogen) atoms. The second-order valence-electron chi connectivity index (χ2n) is 9.77. The van der Waals surface area contributed by atoms with Crippen molar-refractivity contribution in [3.8, 4) is 0 Å². The number of hydrogen-bond donors (Lipinski definition) is 2. The van der Waals surface area contributed by atoms with Gasteiger partial charge < -0.3 is 15.4 Å². The van der Waals surface area contributed by atoms with Crippen LogP contribution in [0.1, 0.15) is 71.2 Å². The number of nitrogens with one attached hydrogen (secondary N) is 2. The van der Waals surface area contributed by atoms with E-state index in [1.165, 1.54) is 17.7 Å². The van der Waals surface area contributed by atoms with E-state index >= 15 is 0 Å². The smallest absolute Gasteiger partial charge is 0.191 e. The summed E-state index contributed by atoms with van der Waals surface area (Å²) in [5, 5.41) is 12.0. The van der Waals surface area contributed by atoms with Crippen LogP contribution in [0.15, 0.2) is 11.2 Å². The van der Waals surface area contributed by atoms with Crippen LogP contribution < -0.4 is 10.6 Å². The maximum atomic E-state index is 6.12. The quantitative estimate of drug-likeness (QED) is 0.361. The molecular weight excluding hydrogens is 477 g/mol. The lowest BCUT2D eigenvalue weighted by molar-refractivity contribution is -0.0835. The lowest BCUT2D eigenvalue weighted by Gasteiger charge is -2.40. The molecule has 1 saturated heterocycles. The zero-order valence-electron chi connectivity index (χ0n) is 19.0. The highest BCUT2D eigenvalue weighted by atomic mass is 127. The van der Waals surface area contributed by atoms with E-state index < -0.39 is 0 Å². The van der Waals surface area contributed by atoms with Crippen LogP contribution in [-0.2, 0) is 17.6 Å². The first kappa shape index (κ1) is 24.4. The van der Waals surface area contributed by atoms with Gasteiger partial charge in [-0.15, -0.1) is 24.0 Å². The van der Waals surface area contributed by atoms with E-state index in [9.17, 15) is 0 Å². The zero-order chi connectivity index (χ0) is 20.3. The topological polar surface area (TPSA) is 63.5 Å². The number of aromatic nitrogens is 2. The van der Waals surface area contributed by atoms with Gasteiger partial charge in [-0.25, -0.2) is 0 Å². The second kappa shape index (κ2) is 10.5. The number of aliphatic imine (C=N–C) groups is 1. The number of fused-ring (bicyclic) bond motifs is 1. The number of rotatable bonds is 4. The predicted octanol–water partition coefficient (Wildman–Crippen LogP) is 3.95. The Labute approximate surface area is 193 Å². The number of aryl methyl sites for hydroxylation is 1. The largest absolute Gasteiger partial charge is 0.377 e. The van der Waals surface area contributed by atoms with Crippen molar-refractivity contribution < 1.29 is 4.74 Å². The van der Waals surface area contributed by atoms with Crippen LogP contribution in [0.5, 0.6) is 0 Å². The van der Waals surface area contributed by atoms with Crippen LogP contribution in [0.3, 0.4) is 0 Å². The van der Waals surface area contributed by atoms with Gasteiger partial charge in [-0.05, 0) is 50.5 Å². The van der Waals surface area contributed by atoms with Gasteiger partial charge in [0.2, 0.25) is 0 Å². The molecule has 3 atom stereocenters. The molecule has 0 saturated carbocycles. The highest BCUT2D eigenvalue weighted by Gasteiger charge is 2.35. The minimum atomic E-state index is 0. The highest BCUT2D eigenvalue weighted by molar-refractivity contribution is 14.0. The summed E-state index contributed by atoms with van der Waals surface area (Å²) < 4.78 is 8.21. The van der Waals surface area contributed by atoms with Crippen LogP contribution in [0.4, 0.5) is 0 Å². The fourth-order valence-corrected chi connectivity index (χ4v) is 4.53. The number of guanidine groups is 1. The summed E-state index contributed by atoms with van der Waals surface area (Å²) in [5.41, 5.74) is 2.81. The van der Waals surface area contributed by atoms with Gasteiger partial charge in [0.1, 0.15) is 0 Å². The Balaban J connectivity index is 0.00000300. The van der Waals surface area contributed by atoms with Gasteiger partial charge in [-0.2, -0.15) is 5.10 Å². The summed E-state index contributed by atoms with van der Waals surface area (Å²) in [6.45, 7) is 13.0. The third-order valence-corrected chi connectivity index (χ3v) is 6.02. The molecule has 2 heterocycles. The van der Waals surface area contributed by atoms with Crippen molar-refractivity contribution in [1.82, 2.24) is 20.4 Å². The lowest BCUT2D eigenvalue weighted by Crippen LogP contribution is -2.50. The van der Waals surface area contributed by atoms with E-state index in [1.807, 2.05) is 7.05 Å². The van der Waals surface area contributed by atoms with Crippen molar-refractivity contribution in [2.24, 2.45) is 16.3 Å². The summed E-state index contributed by atoms with van der Waals surface area (Å²) >= 11 is 0. The molecule has 1 fully saturated rings. The molecule has 166 valence electrons. The van der Waals surface area contributed by atoms with E-state index in [2.05, 4.69) is 61.1 Å². The van der Waals surface area contributed by atoms with E-state index in [4.69, 9.17) is 9.84 Å². The Morgan fingerprint density at radius 1 is 1.34 bits per heavy atom. The molecule has 0 radical (unpaired) electrons. The first-order valence-electron chi connectivity index (χ1n) is 10.9. The summed E-state index contributed by atoms with van der Waals surface area (Å²) in [5.74, 6) is 1.42. The zero-order valence-corrected chi connectivity index (χ0v) is 21.3. The third-order valence-electron chi connectivity index (χ3n) is 6.02. The average Bonchev–Trinajstić information content (AvgIpc) is 3.08. The molecule has 0 aromatic carbocycles. The summed E-state index contributed by atoms with van der Waals surface area (Å²) in [6, 6.07) is 0.801. The SMILES string of the molecule is CN=C(NCC1CCCOC1C(C)(C)C)NC1CCc2cn(C(C)C)nc2C1.I. The van der Waals surface area contributed by atoms with Gasteiger partial charge in [-0.1, -0.05) is 20.8 Å². The maximum Gasteiger partial charge on any atom is 0.191 e. The molecule has 0 amide bonds. The molecule has 3 rings (SSSR count). The molecule has 7 heteroatoms. The molecule has 6 nitrogen and oxygen atoms in total. The number of halogens is 1. The van der Waals surface area contributed by atoms with Gasteiger partial charge in [0.15, 0.2) is 5.96 Å². The van der Waals surface area contributed by atoms with E-state index in [0.717, 1.165) is 44.8 Å². The number of hydrogen-bond acceptors (Lipinski definition) is 3. The Kier molecular flexibility index (Phi) is 8.82. The third kappa shape index (κ3) is 6.32. The normalized spacial score (nSPS) is 25.3. The van der Waals surface area contributed by atoms with Crippen molar-refractivity contribution in [1.29, 1.82) is 0 Å².